The van der Waals surface area contributed by atoms with Gasteiger partial charge >= 0.3 is 0 Å². The number of aliphatic hydroxyl groups is 6. The second-order valence-corrected chi connectivity index (χ2v) is 13.4. The fourth-order valence-electron chi connectivity index (χ4n) is 5.70. The highest BCUT2D eigenvalue weighted by atomic mass is 16.5. The van der Waals surface area contributed by atoms with Crippen LogP contribution in [-0.2, 0) is 9.53 Å². The van der Waals surface area contributed by atoms with Crippen molar-refractivity contribution in [2.45, 2.75) is 159 Å². The molecule has 310 valence electrons. The average Bonchev–Trinajstić information content (AvgIpc) is 3.25. The second-order valence-electron chi connectivity index (χ2n) is 13.4. The number of hydrogen-bond donors (Lipinski definition) is 7. The van der Waals surface area contributed by atoms with Crippen molar-refractivity contribution in [1.82, 2.24) is 5.32 Å². The van der Waals surface area contributed by atoms with E-state index in [-0.39, 0.29) is 12.8 Å². The van der Waals surface area contributed by atoms with Crippen LogP contribution in [0.1, 0.15) is 110 Å². The summed E-state index contributed by atoms with van der Waals surface area (Å²) in [7, 11) is 0. The molecule has 0 aromatic rings. The molecule has 1 fully saturated rings. The number of ether oxygens (including phenoxy) is 1. The van der Waals surface area contributed by atoms with Crippen LogP contribution in [0.15, 0.2) is 0 Å². The molecular formula is C51H53NO8. The number of nitrogens with one attached hydrogen (secondary N) is 1. The topological polar surface area (TPSA) is 160 Å². The van der Waals surface area contributed by atoms with Gasteiger partial charge in [-0.2, -0.15) is 0 Å². The number of hydrogen-bond acceptors (Lipinski definition) is 8. The zero-order chi connectivity index (χ0) is 43.9. The van der Waals surface area contributed by atoms with Crippen LogP contribution in [0.2, 0.25) is 0 Å². The molecule has 1 aliphatic heterocycles. The van der Waals surface area contributed by atoms with Crippen LogP contribution in [0, 0.1) is 142 Å². The molecule has 1 rings (SSSR count). The van der Waals surface area contributed by atoms with Crippen molar-refractivity contribution in [2.24, 2.45) is 0 Å². The maximum absolute atomic E-state index is 12.7. The van der Waals surface area contributed by atoms with E-state index in [9.17, 15) is 35.4 Å². The summed E-state index contributed by atoms with van der Waals surface area (Å²) in [5.41, 5.74) is 0. The van der Waals surface area contributed by atoms with Crippen LogP contribution < -0.4 is 5.32 Å². The molecule has 60 heavy (non-hydrogen) atoms. The van der Waals surface area contributed by atoms with Crippen LogP contribution in [0.25, 0.3) is 0 Å². The van der Waals surface area contributed by atoms with Gasteiger partial charge in [0.15, 0.2) is 0 Å². The zero-order valence-electron chi connectivity index (χ0n) is 34.4. The Morgan fingerprint density at radius 1 is 0.533 bits per heavy atom. The molecule has 0 radical (unpaired) electrons. The highest BCUT2D eigenvalue weighted by Crippen LogP contribution is 2.25. The Labute approximate surface area is 358 Å². The summed E-state index contributed by atoms with van der Waals surface area (Å²) in [4.78, 5) is 12.7. The predicted octanol–water partition coefficient (Wildman–Crippen LogP) is 1.97. The van der Waals surface area contributed by atoms with Gasteiger partial charge in [0, 0.05) is 41.4 Å². The van der Waals surface area contributed by atoms with Crippen molar-refractivity contribution in [2.75, 3.05) is 6.61 Å². The minimum Gasteiger partial charge on any atom is -0.394 e. The molecule has 0 bridgehead atoms. The van der Waals surface area contributed by atoms with E-state index in [2.05, 4.69) is 154 Å². The van der Waals surface area contributed by atoms with E-state index in [1.165, 1.54) is 51.4 Å². The lowest BCUT2D eigenvalue weighted by atomic mass is 9.90. The lowest BCUT2D eigenvalue weighted by Gasteiger charge is -2.40. The summed E-state index contributed by atoms with van der Waals surface area (Å²) in [6, 6.07) is -1.01. The fraction of sp³-hybridized carbons (Fsp3) is 0.510. The van der Waals surface area contributed by atoms with Crippen molar-refractivity contribution >= 4 is 5.91 Å². The molecule has 8 atom stereocenters. The van der Waals surface area contributed by atoms with Gasteiger partial charge in [-0.3, -0.25) is 4.79 Å². The number of carbonyl (C=O) groups is 1. The van der Waals surface area contributed by atoms with Gasteiger partial charge in [-0.15, -0.1) is 0 Å². The monoisotopic (exact) mass is 807 g/mol. The van der Waals surface area contributed by atoms with Gasteiger partial charge in [0.05, 0.1) is 24.9 Å². The number of carbonyl (C=O) groups excluding carboxylic acids is 1. The Kier molecular flexibility index (Phi) is 31.2. The number of aliphatic hydroxyl groups excluding tert-OH is 6. The van der Waals surface area contributed by atoms with Crippen molar-refractivity contribution < 1.29 is 40.2 Å². The lowest BCUT2D eigenvalue weighted by Crippen LogP contribution is -2.59. The lowest BCUT2D eigenvalue weighted by molar-refractivity contribution is -0.231. The molecule has 1 saturated heterocycles. The summed E-state index contributed by atoms with van der Waals surface area (Å²) >= 11 is 0. The van der Waals surface area contributed by atoms with Crippen LogP contribution in [0.4, 0.5) is 0 Å². The number of rotatable bonds is 20. The van der Waals surface area contributed by atoms with E-state index in [4.69, 9.17) is 4.74 Å². The SMILES string of the molecule is CC#CC#CC#CC#CC#CC#CC#CC#CC#CC#CC#CC#CC(=O)N[C@@H](CC[C@@H]1OC(CO)[C@H](O)[C@H](O)C1O)[C@H](O)[C@H](O)CCCCCCCCCCCCCC. The molecule has 0 aromatic carbocycles. The second kappa shape index (κ2) is 36.0. The normalized spacial score (nSPS) is 17.8. The third kappa shape index (κ3) is 26.0. The first kappa shape index (κ1) is 51.9. The van der Waals surface area contributed by atoms with Crippen molar-refractivity contribution in [1.29, 1.82) is 0 Å². The predicted molar refractivity (Wildman–Crippen MR) is 232 cm³/mol. The van der Waals surface area contributed by atoms with Gasteiger partial charge in [-0.25, -0.2) is 0 Å². The van der Waals surface area contributed by atoms with Gasteiger partial charge in [0.25, 0.3) is 5.91 Å². The van der Waals surface area contributed by atoms with Crippen LogP contribution in [-0.4, -0.2) is 91.9 Å². The molecule has 1 heterocycles. The first-order valence-corrected chi connectivity index (χ1v) is 20.2. The highest BCUT2D eigenvalue weighted by Gasteiger charge is 2.43. The molecule has 0 saturated carbocycles. The summed E-state index contributed by atoms with van der Waals surface area (Å²) < 4.78 is 5.59. The van der Waals surface area contributed by atoms with Gasteiger partial charge in [-0.1, -0.05) is 89.9 Å². The molecule has 9 heteroatoms. The Morgan fingerprint density at radius 2 is 0.917 bits per heavy atom. The molecule has 0 aromatic heterocycles. The third-order valence-corrected chi connectivity index (χ3v) is 8.84. The van der Waals surface area contributed by atoms with E-state index in [1.807, 2.05) is 0 Å². The van der Waals surface area contributed by atoms with E-state index >= 15 is 0 Å². The Balaban J connectivity index is 2.73. The van der Waals surface area contributed by atoms with E-state index < -0.39 is 61.3 Å². The summed E-state index contributed by atoms with van der Waals surface area (Å²) in [5.74, 6) is 58.8. The first-order valence-electron chi connectivity index (χ1n) is 20.2. The van der Waals surface area contributed by atoms with Crippen LogP contribution in [0.3, 0.4) is 0 Å². The molecule has 0 aliphatic carbocycles. The Bertz CT molecular complexity index is 2140. The smallest absolute Gasteiger partial charge is 0.297 e. The Hall–Kier alpha value is -6.09. The van der Waals surface area contributed by atoms with Crippen LogP contribution >= 0.6 is 0 Å². The quantitative estimate of drug-likeness (QED) is 0.0727. The highest BCUT2D eigenvalue weighted by molar-refractivity contribution is 5.94. The molecule has 9 nitrogen and oxygen atoms in total. The zero-order valence-corrected chi connectivity index (χ0v) is 34.4. The van der Waals surface area contributed by atoms with Crippen molar-refractivity contribution in [3.05, 3.63) is 0 Å². The average molecular weight is 808 g/mol. The van der Waals surface area contributed by atoms with Crippen molar-refractivity contribution in [3.8, 4) is 142 Å². The molecule has 0 spiro atoms. The third-order valence-electron chi connectivity index (χ3n) is 8.84. The first-order chi connectivity index (χ1) is 29.3. The van der Waals surface area contributed by atoms with Crippen LogP contribution in [0.5, 0.6) is 0 Å². The molecule has 2 unspecified atom stereocenters. The van der Waals surface area contributed by atoms with Crippen molar-refractivity contribution in [3.63, 3.8) is 0 Å². The number of amides is 1. The standard InChI is InChI=1S/C51H53NO8/c1-3-5-7-9-11-13-15-17-18-19-20-21-22-23-24-25-26-27-29-31-33-35-37-39-47(55)52-43(40-41-45-49(57)51(59)50(58)46(42-53)60-45)48(56)44(54)38-36-34-32-30-28-16-14-12-10-8-6-4-2/h43-46,48-51,53-54,56-59H,4,6,8,10,12,14,16,28,30,32,34,36,38,40-42H2,1-2H3,(H,52,55)/t43-,44+,45-,46?,48-,49?,50-,51+/m0/s1. The minimum absolute atomic E-state index is 0.0127. The van der Waals surface area contributed by atoms with E-state index in [0.29, 0.717) is 12.8 Å². The summed E-state index contributed by atoms with van der Waals surface area (Å²) in [6.45, 7) is 3.31. The summed E-state index contributed by atoms with van der Waals surface area (Å²) in [5, 5.41) is 64.9. The maximum Gasteiger partial charge on any atom is 0.297 e. The van der Waals surface area contributed by atoms with Gasteiger partial charge in [-0.05, 0) is 121 Å². The molecule has 7 N–H and O–H groups in total. The Morgan fingerprint density at radius 3 is 1.33 bits per heavy atom. The fourth-order valence-corrected chi connectivity index (χ4v) is 5.70. The van der Waals surface area contributed by atoms with E-state index in [0.717, 1.165) is 19.3 Å². The number of unbranched alkanes of at least 4 members (excludes halogenated alkanes) is 11. The maximum atomic E-state index is 12.7. The summed E-state index contributed by atoms with van der Waals surface area (Å²) in [6.07, 6.45) is 5.01. The van der Waals surface area contributed by atoms with Gasteiger partial charge < -0.3 is 40.7 Å². The molecular weight excluding hydrogens is 755 g/mol. The van der Waals surface area contributed by atoms with Gasteiger partial charge in [0.1, 0.15) is 30.5 Å². The molecule has 1 amide bonds. The largest absolute Gasteiger partial charge is 0.394 e. The van der Waals surface area contributed by atoms with E-state index in [1.54, 1.807) is 6.92 Å². The minimum atomic E-state index is -1.56. The molecule has 1 aliphatic rings. The van der Waals surface area contributed by atoms with Gasteiger partial charge in [0.2, 0.25) is 0 Å².